The maximum absolute atomic E-state index is 13.3. The fourth-order valence-electron chi connectivity index (χ4n) is 1.45. The third kappa shape index (κ3) is 4.76. The molecule has 106 valence electrons. The second-order valence-corrected chi connectivity index (χ2v) is 3.66. The third-order valence-electron chi connectivity index (χ3n) is 2.23. The number of ether oxygens (including phenoxy) is 1. The Hall–Kier alpha value is -1.80. The summed E-state index contributed by atoms with van der Waals surface area (Å²) in [5.41, 5.74) is -0.984. The predicted octanol–water partition coefficient (Wildman–Crippen LogP) is 1.68. The van der Waals surface area contributed by atoms with Crippen LogP contribution in [0.15, 0.2) is 12.1 Å². The molecule has 0 amide bonds. The van der Waals surface area contributed by atoms with Gasteiger partial charge in [-0.2, -0.15) is 4.39 Å². The van der Waals surface area contributed by atoms with Gasteiger partial charge in [-0.05, 0) is 6.42 Å². The van der Waals surface area contributed by atoms with Crippen molar-refractivity contribution in [2.45, 2.75) is 6.42 Å². The van der Waals surface area contributed by atoms with Crippen molar-refractivity contribution in [1.82, 2.24) is 0 Å². The maximum atomic E-state index is 13.3. The number of nitro groups is 1. The van der Waals surface area contributed by atoms with Gasteiger partial charge in [0.2, 0.25) is 5.82 Å². The molecule has 0 aliphatic heterocycles. The minimum atomic E-state index is -1.22. The van der Waals surface area contributed by atoms with Gasteiger partial charge in [0.15, 0.2) is 0 Å². The molecule has 1 aromatic carbocycles. The minimum absolute atomic E-state index is 0.0893. The second kappa shape index (κ2) is 7.59. The van der Waals surface area contributed by atoms with Gasteiger partial charge in [0.1, 0.15) is 11.5 Å². The van der Waals surface area contributed by atoms with E-state index in [4.69, 9.17) is 9.84 Å². The molecular weight excluding hydrogens is 262 g/mol. The van der Waals surface area contributed by atoms with E-state index >= 15 is 0 Å². The summed E-state index contributed by atoms with van der Waals surface area (Å²) < 4.78 is 31.2. The van der Waals surface area contributed by atoms with Gasteiger partial charge in [0.25, 0.3) is 0 Å². The summed E-state index contributed by atoms with van der Waals surface area (Å²) in [6.07, 6.45) is 0.481. The molecule has 1 aromatic rings. The first-order valence-corrected chi connectivity index (χ1v) is 5.62. The first-order valence-electron chi connectivity index (χ1n) is 5.62. The van der Waals surface area contributed by atoms with Crippen LogP contribution in [0.25, 0.3) is 0 Å². The van der Waals surface area contributed by atoms with E-state index in [9.17, 15) is 18.9 Å². The summed E-state index contributed by atoms with van der Waals surface area (Å²) in [5, 5.41) is 21.7. The van der Waals surface area contributed by atoms with Gasteiger partial charge in [0, 0.05) is 25.3 Å². The largest absolute Gasteiger partial charge is 0.394 e. The lowest BCUT2D eigenvalue weighted by molar-refractivity contribution is -0.386. The number of aliphatic hydroxyl groups is 1. The molecule has 0 heterocycles. The summed E-state index contributed by atoms with van der Waals surface area (Å²) in [5.74, 6) is -2.11. The molecule has 0 fully saturated rings. The molecule has 2 N–H and O–H groups in total. The molecule has 0 saturated heterocycles. The zero-order valence-corrected chi connectivity index (χ0v) is 10.1. The van der Waals surface area contributed by atoms with Crippen LogP contribution in [-0.4, -0.2) is 36.4 Å². The van der Waals surface area contributed by atoms with Crippen LogP contribution in [0.5, 0.6) is 0 Å². The number of hydrogen-bond acceptors (Lipinski definition) is 5. The molecule has 6 nitrogen and oxygen atoms in total. The molecular formula is C11H14F2N2O4. The number of rotatable bonds is 8. The highest BCUT2D eigenvalue weighted by atomic mass is 19.1. The Morgan fingerprint density at radius 2 is 2.11 bits per heavy atom. The lowest BCUT2D eigenvalue weighted by Gasteiger charge is -2.08. The van der Waals surface area contributed by atoms with E-state index < -0.39 is 22.2 Å². The molecule has 0 unspecified atom stereocenters. The molecule has 0 atom stereocenters. The van der Waals surface area contributed by atoms with E-state index in [1.54, 1.807) is 0 Å². The molecule has 0 aliphatic carbocycles. The van der Waals surface area contributed by atoms with E-state index in [1.165, 1.54) is 0 Å². The molecule has 8 heteroatoms. The Kier molecular flexibility index (Phi) is 6.10. The first kappa shape index (κ1) is 15.3. The number of halogens is 2. The molecule has 0 saturated carbocycles. The van der Waals surface area contributed by atoms with E-state index in [0.29, 0.717) is 19.1 Å². The average Bonchev–Trinajstić information content (AvgIpc) is 2.32. The van der Waals surface area contributed by atoms with Crippen molar-refractivity contribution in [3.63, 3.8) is 0 Å². The monoisotopic (exact) mass is 276 g/mol. The van der Waals surface area contributed by atoms with Crippen molar-refractivity contribution in [3.05, 3.63) is 33.9 Å². The van der Waals surface area contributed by atoms with E-state index in [1.807, 2.05) is 0 Å². The highest BCUT2D eigenvalue weighted by molar-refractivity contribution is 5.62. The van der Waals surface area contributed by atoms with Crippen LogP contribution < -0.4 is 5.32 Å². The number of nitro benzene ring substituents is 1. The maximum Gasteiger partial charge on any atom is 0.327 e. The van der Waals surface area contributed by atoms with Crippen LogP contribution in [-0.2, 0) is 4.74 Å². The molecule has 0 aliphatic rings. The van der Waals surface area contributed by atoms with E-state index in [2.05, 4.69) is 5.32 Å². The third-order valence-corrected chi connectivity index (χ3v) is 2.23. The van der Waals surface area contributed by atoms with Crippen molar-refractivity contribution < 1.29 is 23.5 Å². The van der Waals surface area contributed by atoms with Gasteiger partial charge in [-0.1, -0.05) is 0 Å². The van der Waals surface area contributed by atoms with Gasteiger partial charge in [-0.25, -0.2) is 4.39 Å². The number of nitrogens with zero attached hydrogens (tertiary/aromatic N) is 1. The molecule has 19 heavy (non-hydrogen) atoms. The Balaban J connectivity index is 2.59. The van der Waals surface area contributed by atoms with Crippen molar-refractivity contribution in [2.75, 3.05) is 31.7 Å². The summed E-state index contributed by atoms with van der Waals surface area (Å²) in [7, 11) is 0. The highest BCUT2D eigenvalue weighted by Crippen LogP contribution is 2.28. The summed E-state index contributed by atoms with van der Waals surface area (Å²) in [6, 6.07) is 1.34. The normalized spacial score (nSPS) is 10.5. The quantitative estimate of drug-likeness (QED) is 0.429. The van der Waals surface area contributed by atoms with Gasteiger partial charge in [0.05, 0.1) is 18.1 Å². The first-order chi connectivity index (χ1) is 9.06. The van der Waals surface area contributed by atoms with Crippen molar-refractivity contribution >= 4 is 11.4 Å². The van der Waals surface area contributed by atoms with Gasteiger partial charge in [-0.3, -0.25) is 10.1 Å². The van der Waals surface area contributed by atoms with Crippen LogP contribution in [0.3, 0.4) is 0 Å². The van der Waals surface area contributed by atoms with Crippen molar-refractivity contribution in [1.29, 1.82) is 0 Å². The van der Waals surface area contributed by atoms with Crippen LogP contribution >= 0.6 is 0 Å². The van der Waals surface area contributed by atoms with E-state index in [0.717, 1.165) is 6.07 Å². The van der Waals surface area contributed by atoms with Crippen LogP contribution in [0.2, 0.25) is 0 Å². The fraction of sp³-hybridized carbons (Fsp3) is 0.455. The Labute approximate surface area is 108 Å². The van der Waals surface area contributed by atoms with Crippen molar-refractivity contribution in [3.8, 4) is 0 Å². The minimum Gasteiger partial charge on any atom is -0.394 e. The number of aliphatic hydroxyl groups excluding tert-OH is 1. The van der Waals surface area contributed by atoms with E-state index in [-0.39, 0.29) is 25.4 Å². The number of hydrogen-bond donors (Lipinski definition) is 2. The van der Waals surface area contributed by atoms with Crippen LogP contribution in [0.1, 0.15) is 6.42 Å². The molecule has 0 aromatic heterocycles. The zero-order chi connectivity index (χ0) is 14.3. The van der Waals surface area contributed by atoms with Gasteiger partial charge < -0.3 is 15.2 Å². The van der Waals surface area contributed by atoms with Crippen molar-refractivity contribution in [2.24, 2.45) is 0 Å². The molecule has 0 bridgehead atoms. The topological polar surface area (TPSA) is 84.6 Å². The summed E-state index contributed by atoms with van der Waals surface area (Å²) in [4.78, 5) is 9.78. The Bertz CT molecular complexity index is 443. The standard InChI is InChI=1S/C11H14F2N2O4/c12-8-6-9(13)11(15(17)18)10(7-8)14-2-1-4-19-5-3-16/h6-7,14,16H,1-5H2. The highest BCUT2D eigenvalue weighted by Gasteiger charge is 2.21. The lowest BCUT2D eigenvalue weighted by atomic mass is 10.2. The Morgan fingerprint density at radius 3 is 2.74 bits per heavy atom. The second-order valence-electron chi connectivity index (χ2n) is 3.66. The molecule has 1 rings (SSSR count). The molecule has 0 radical (unpaired) electrons. The van der Waals surface area contributed by atoms with Gasteiger partial charge in [-0.15, -0.1) is 0 Å². The van der Waals surface area contributed by atoms with Gasteiger partial charge >= 0.3 is 5.69 Å². The SMILES string of the molecule is O=[N+]([O-])c1c(F)cc(F)cc1NCCCOCCO. The number of anilines is 1. The molecule has 0 spiro atoms. The summed E-state index contributed by atoms with van der Waals surface area (Å²) >= 11 is 0. The fourth-order valence-corrected chi connectivity index (χ4v) is 1.45. The predicted molar refractivity (Wildman–Crippen MR) is 64.0 cm³/mol. The van der Waals surface area contributed by atoms with Crippen LogP contribution in [0.4, 0.5) is 20.2 Å². The number of benzene rings is 1. The average molecular weight is 276 g/mol. The number of nitrogens with one attached hydrogen (secondary N) is 1. The Morgan fingerprint density at radius 1 is 1.37 bits per heavy atom. The van der Waals surface area contributed by atoms with Crippen LogP contribution in [0, 0.1) is 21.7 Å². The smallest absolute Gasteiger partial charge is 0.327 e. The summed E-state index contributed by atoms with van der Waals surface area (Å²) in [6.45, 7) is 0.705. The zero-order valence-electron chi connectivity index (χ0n) is 10.1. The lowest BCUT2D eigenvalue weighted by Crippen LogP contribution is -2.09.